The van der Waals surface area contributed by atoms with E-state index in [1.54, 1.807) is 54.6 Å². The first-order chi connectivity index (χ1) is 33.3. The molecule has 248 valence electrons. The molecule has 0 atom stereocenters. The quantitative estimate of drug-likeness (QED) is 0.180. The van der Waals surface area contributed by atoms with Gasteiger partial charge in [-0.05, 0) is 104 Å². The lowest BCUT2D eigenvalue weighted by molar-refractivity contribution is 0.668. The molecule has 0 amide bonds. The Balaban J connectivity index is 1.15. The molecular formula is C50H31NO2. The van der Waals surface area contributed by atoms with Crippen LogP contribution in [0.2, 0.25) is 0 Å². The fourth-order valence-electron chi connectivity index (χ4n) is 6.97. The summed E-state index contributed by atoms with van der Waals surface area (Å²) in [6.07, 6.45) is 0. The van der Waals surface area contributed by atoms with Gasteiger partial charge in [0.15, 0.2) is 0 Å². The fraction of sp³-hybridized carbons (Fsp3) is 0. The second-order valence-corrected chi connectivity index (χ2v) is 12.4. The van der Waals surface area contributed by atoms with Gasteiger partial charge in [0.05, 0.1) is 34.4 Å². The smallest absolute Gasteiger partial charge is 0.137 e. The highest BCUT2D eigenvalue weighted by molar-refractivity contribution is 6.19. The summed E-state index contributed by atoms with van der Waals surface area (Å²) in [4.78, 5) is 1.53. The van der Waals surface area contributed by atoms with Crippen molar-refractivity contribution >= 4 is 82.5 Å². The minimum absolute atomic E-state index is 0.0138. The number of benzene rings is 9. The van der Waals surface area contributed by atoms with Crippen molar-refractivity contribution in [3.05, 3.63) is 188 Å². The monoisotopic (exact) mass is 694 g/mol. The van der Waals surface area contributed by atoms with E-state index < -0.39 is 78.6 Å². The van der Waals surface area contributed by atoms with Gasteiger partial charge in [-0.3, -0.25) is 0 Å². The van der Waals surface area contributed by atoms with Crippen molar-refractivity contribution in [3.8, 4) is 22.3 Å². The van der Waals surface area contributed by atoms with E-state index in [1.807, 2.05) is 12.1 Å². The van der Waals surface area contributed by atoms with Crippen LogP contribution in [-0.4, -0.2) is 0 Å². The topological polar surface area (TPSA) is 29.5 Å². The zero-order valence-corrected chi connectivity index (χ0v) is 27.3. The van der Waals surface area contributed by atoms with E-state index >= 15 is 0 Å². The van der Waals surface area contributed by atoms with Gasteiger partial charge in [0, 0.05) is 27.5 Å². The Morgan fingerprint density at radius 1 is 0.396 bits per heavy atom. The van der Waals surface area contributed by atoms with Gasteiger partial charge in [0.2, 0.25) is 0 Å². The maximum Gasteiger partial charge on any atom is 0.137 e. The van der Waals surface area contributed by atoms with Crippen LogP contribution in [0, 0.1) is 0 Å². The summed E-state index contributed by atoms with van der Waals surface area (Å²) >= 11 is 0. The van der Waals surface area contributed by atoms with Crippen molar-refractivity contribution < 1.29 is 32.1 Å². The molecule has 0 aliphatic heterocycles. The molecule has 3 heteroatoms. The summed E-state index contributed by atoms with van der Waals surface area (Å²) in [5.74, 6) is 0. The zero-order valence-electron chi connectivity index (χ0n) is 44.3. The third kappa shape index (κ3) is 4.75. The molecule has 0 radical (unpaired) electrons. The summed E-state index contributed by atoms with van der Waals surface area (Å²) in [5.41, 5.74) is 1.44. The van der Waals surface area contributed by atoms with Crippen LogP contribution in [-0.2, 0) is 0 Å². The predicted octanol–water partition coefficient (Wildman–Crippen LogP) is 14.6. The van der Waals surface area contributed by atoms with Crippen molar-refractivity contribution in [2.75, 3.05) is 4.90 Å². The molecule has 9 aromatic carbocycles. The van der Waals surface area contributed by atoms with E-state index in [0.717, 1.165) is 0 Å². The van der Waals surface area contributed by atoms with Gasteiger partial charge < -0.3 is 13.7 Å². The molecule has 0 aliphatic carbocycles. The van der Waals surface area contributed by atoms with Gasteiger partial charge in [0.1, 0.15) is 22.3 Å². The van der Waals surface area contributed by atoms with Gasteiger partial charge >= 0.3 is 0 Å². The average Bonchev–Trinajstić information content (AvgIpc) is 3.93. The molecule has 2 heterocycles. The molecule has 3 nitrogen and oxygen atoms in total. The highest BCUT2D eigenvalue weighted by Crippen LogP contribution is 2.44. The van der Waals surface area contributed by atoms with Gasteiger partial charge in [-0.2, -0.15) is 0 Å². The van der Waals surface area contributed by atoms with Crippen LogP contribution >= 0.6 is 0 Å². The Labute approximate surface area is 329 Å². The van der Waals surface area contributed by atoms with Crippen molar-refractivity contribution in [2.24, 2.45) is 0 Å². The minimum atomic E-state index is -0.586. The summed E-state index contributed by atoms with van der Waals surface area (Å²) < 4.78 is 163. The first-order valence-electron chi connectivity index (χ1n) is 25.1. The molecule has 11 aromatic rings. The third-order valence-corrected chi connectivity index (χ3v) is 9.37. The lowest BCUT2D eigenvalue weighted by Gasteiger charge is -2.26. The summed E-state index contributed by atoms with van der Waals surface area (Å²) in [7, 11) is 0. The number of anilines is 3. The fourth-order valence-corrected chi connectivity index (χ4v) is 6.97. The molecule has 0 saturated heterocycles. The van der Waals surface area contributed by atoms with E-state index in [4.69, 9.17) is 25.3 Å². The van der Waals surface area contributed by atoms with Crippen molar-refractivity contribution in [1.82, 2.24) is 0 Å². The molecule has 53 heavy (non-hydrogen) atoms. The van der Waals surface area contributed by atoms with Gasteiger partial charge in [0.25, 0.3) is 0 Å². The van der Waals surface area contributed by atoms with Gasteiger partial charge in [-0.25, -0.2) is 0 Å². The highest BCUT2D eigenvalue weighted by Gasteiger charge is 2.20. The molecule has 0 N–H and O–H groups in total. The molecule has 0 fully saturated rings. The Morgan fingerprint density at radius 3 is 2.09 bits per heavy atom. The molecule has 0 bridgehead atoms. The number of nitrogens with zero attached hydrogens (tertiary/aromatic N) is 1. The van der Waals surface area contributed by atoms with Crippen LogP contribution in [0.15, 0.2) is 196 Å². The number of fused-ring (bicyclic) bond motifs is 9. The Hall–Kier alpha value is -7.10. The van der Waals surface area contributed by atoms with E-state index in [2.05, 4.69) is 0 Å². The van der Waals surface area contributed by atoms with Crippen molar-refractivity contribution in [3.63, 3.8) is 0 Å². The Kier molecular flexibility index (Phi) is 3.85. The van der Waals surface area contributed by atoms with Crippen LogP contribution in [0.4, 0.5) is 17.1 Å². The largest absolute Gasteiger partial charge is 0.456 e. The van der Waals surface area contributed by atoms with Gasteiger partial charge in [-0.1, -0.05) is 127 Å². The SMILES string of the molecule is [2H]c1cc2oc3c([2H])c([2H])c4cc(-c5c([2H])c([2H])c(N(c6ccc(-c7c([2H])c([2H])c([2H])c8c([2H])c([2H])c([2H])c([2H])c78)cc6)c6cccc7oc8ccccc8c67)c([2H])c5[2H])cc([2H])c4c3c2c([2H])c1[2H]. The lowest BCUT2D eigenvalue weighted by Crippen LogP contribution is -2.10. The van der Waals surface area contributed by atoms with E-state index in [1.165, 1.54) is 23.1 Å². The highest BCUT2D eigenvalue weighted by atomic mass is 16.3. The average molecular weight is 695 g/mol. The van der Waals surface area contributed by atoms with Crippen LogP contribution in [0.3, 0.4) is 0 Å². The number of furan rings is 2. The minimum Gasteiger partial charge on any atom is -0.456 e. The number of para-hydroxylation sites is 2. The lowest BCUT2D eigenvalue weighted by atomic mass is 9.97. The van der Waals surface area contributed by atoms with E-state index in [-0.39, 0.29) is 101 Å². The zero-order chi connectivity index (χ0) is 49.7. The molecule has 0 spiro atoms. The van der Waals surface area contributed by atoms with Crippen LogP contribution in [0.25, 0.3) is 87.7 Å². The first-order valence-corrected chi connectivity index (χ1v) is 16.6. The number of rotatable bonds is 5. The molecular weight excluding hydrogens is 647 g/mol. The molecule has 2 aromatic heterocycles. The summed E-state index contributed by atoms with van der Waals surface area (Å²) in [6.45, 7) is 0. The Morgan fingerprint density at radius 2 is 1.17 bits per heavy atom. The standard InChI is InChI=1S/C50H31NO2/c1-2-11-39-33(9-1)10-7-14-40(39)34-21-27-38(28-22-34)51(44-15-8-18-47-50(44)43-13-4-6-17-46(43)52-47)37-25-19-32(20-26-37)35-23-29-41-36(31-35)24-30-48-49(41)42-12-3-5-16-45(42)53-48/h1-31H/i1D,2D,3D,5D,7D,9D,10D,11D,12D,14D,19D,20D,24D,25D,26D,29D,30D. The van der Waals surface area contributed by atoms with Crippen LogP contribution in [0.5, 0.6) is 0 Å². The number of hydrogen-bond donors (Lipinski definition) is 0. The third-order valence-electron chi connectivity index (χ3n) is 9.37. The normalized spacial score (nSPS) is 16.3. The van der Waals surface area contributed by atoms with Crippen molar-refractivity contribution in [1.29, 1.82) is 0 Å². The second kappa shape index (κ2) is 11.7. The first kappa shape index (κ1) is 17.4. The summed E-state index contributed by atoms with van der Waals surface area (Å²) in [5, 5.41) is 1.27. The van der Waals surface area contributed by atoms with E-state index in [0.29, 0.717) is 27.6 Å². The van der Waals surface area contributed by atoms with Gasteiger partial charge in [-0.15, -0.1) is 0 Å². The summed E-state index contributed by atoms with van der Waals surface area (Å²) in [6, 6.07) is 14.9. The van der Waals surface area contributed by atoms with Crippen LogP contribution in [0.1, 0.15) is 23.3 Å². The molecule has 11 rings (SSSR count). The number of hydrogen-bond acceptors (Lipinski definition) is 3. The van der Waals surface area contributed by atoms with Crippen molar-refractivity contribution in [2.45, 2.75) is 0 Å². The maximum absolute atomic E-state index is 9.67. The molecule has 0 saturated carbocycles. The second-order valence-electron chi connectivity index (χ2n) is 12.4. The predicted molar refractivity (Wildman–Crippen MR) is 222 cm³/mol. The van der Waals surface area contributed by atoms with E-state index in [9.17, 15) is 6.85 Å². The molecule has 0 unspecified atom stereocenters. The maximum atomic E-state index is 9.67. The molecule has 0 aliphatic rings. The Bertz CT molecular complexity index is 4130. The van der Waals surface area contributed by atoms with Crippen LogP contribution < -0.4 is 4.90 Å².